The lowest BCUT2D eigenvalue weighted by Crippen LogP contribution is -2.29. The van der Waals surface area contributed by atoms with Crippen molar-refractivity contribution in [1.29, 1.82) is 0 Å². The average molecular weight is 300 g/mol. The van der Waals surface area contributed by atoms with Gasteiger partial charge in [0.2, 0.25) is 0 Å². The summed E-state index contributed by atoms with van der Waals surface area (Å²) < 4.78 is 5.12. The van der Waals surface area contributed by atoms with Crippen LogP contribution < -0.4 is 0 Å². The highest BCUT2D eigenvalue weighted by molar-refractivity contribution is 6.32. The molecule has 0 heterocycles. The minimum atomic E-state index is 0.258. The Balaban J connectivity index is 2.75. The second-order valence-corrected chi connectivity index (χ2v) is 6.04. The SMILES string of the molecule is COCCCN(Cc1ccc(O)c(C)c1Cl)CC(C)C. The summed E-state index contributed by atoms with van der Waals surface area (Å²) in [5.74, 6) is 0.864. The van der Waals surface area contributed by atoms with Gasteiger partial charge in [0.15, 0.2) is 0 Å². The molecular formula is C16H26ClNO2. The van der Waals surface area contributed by atoms with Crippen molar-refractivity contribution < 1.29 is 9.84 Å². The zero-order valence-corrected chi connectivity index (χ0v) is 13.7. The van der Waals surface area contributed by atoms with E-state index < -0.39 is 0 Å². The van der Waals surface area contributed by atoms with Crippen LogP contribution >= 0.6 is 11.6 Å². The summed E-state index contributed by atoms with van der Waals surface area (Å²) in [5, 5.41) is 10.3. The molecule has 0 fully saturated rings. The number of ether oxygens (including phenoxy) is 1. The quantitative estimate of drug-likeness (QED) is 0.740. The van der Waals surface area contributed by atoms with Crippen molar-refractivity contribution in [3.8, 4) is 5.75 Å². The van der Waals surface area contributed by atoms with E-state index >= 15 is 0 Å². The second-order valence-electron chi connectivity index (χ2n) is 5.66. The summed E-state index contributed by atoms with van der Waals surface area (Å²) in [6, 6.07) is 3.63. The number of phenols is 1. The first-order valence-corrected chi connectivity index (χ1v) is 7.51. The van der Waals surface area contributed by atoms with Crippen LogP contribution in [0.25, 0.3) is 0 Å². The third-order valence-corrected chi connectivity index (χ3v) is 3.80. The molecule has 0 atom stereocenters. The summed E-state index contributed by atoms with van der Waals surface area (Å²) in [6.07, 6.45) is 1.01. The minimum absolute atomic E-state index is 0.258. The first kappa shape index (κ1) is 17.3. The maximum Gasteiger partial charge on any atom is 0.119 e. The van der Waals surface area contributed by atoms with Gasteiger partial charge in [0.1, 0.15) is 5.75 Å². The molecule has 0 saturated carbocycles. The highest BCUT2D eigenvalue weighted by Gasteiger charge is 2.13. The Morgan fingerprint density at radius 1 is 1.35 bits per heavy atom. The molecule has 1 aromatic rings. The van der Waals surface area contributed by atoms with E-state index in [0.717, 1.165) is 43.8 Å². The van der Waals surface area contributed by atoms with Gasteiger partial charge in [-0.1, -0.05) is 31.5 Å². The van der Waals surface area contributed by atoms with Gasteiger partial charge in [-0.15, -0.1) is 0 Å². The highest BCUT2D eigenvalue weighted by Crippen LogP contribution is 2.29. The molecule has 0 aromatic heterocycles. The summed E-state index contributed by atoms with van der Waals surface area (Å²) in [6.45, 7) is 9.87. The Morgan fingerprint density at radius 3 is 2.65 bits per heavy atom. The molecule has 1 aromatic carbocycles. The second kappa shape index (κ2) is 8.50. The van der Waals surface area contributed by atoms with Crippen LogP contribution in [-0.2, 0) is 11.3 Å². The molecule has 0 radical (unpaired) electrons. The molecule has 20 heavy (non-hydrogen) atoms. The van der Waals surface area contributed by atoms with Gasteiger partial charge in [-0.3, -0.25) is 4.90 Å². The lowest BCUT2D eigenvalue weighted by atomic mass is 10.1. The third-order valence-electron chi connectivity index (χ3n) is 3.28. The lowest BCUT2D eigenvalue weighted by Gasteiger charge is -2.25. The monoisotopic (exact) mass is 299 g/mol. The number of aromatic hydroxyl groups is 1. The van der Waals surface area contributed by atoms with Crippen molar-refractivity contribution in [2.75, 3.05) is 26.8 Å². The van der Waals surface area contributed by atoms with Gasteiger partial charge < -0.3 is 9.84 Å². The van der Waals surface area contributed by atoms with E-state index in [-0.39, 0.29) is 5.75 Å². The summed E-state index contributed by atoms with van der Waals surface area (Å²) in [5.41, 5.74) is 1.82. The number of benzene rings is 1. The molecular weight excluding hydrogens is 274 g/mol. The normalized spacial score (nSPS) is 11.6. The Morgan fingerprint density at radius 2 is 2.05 bits per heavy atom. The number of nitrogens with zero attached hydrogens (tertiary/aromatic N) is 1. The highest BCUT2D eigenvalue weighted by atomic mass is 35.5. The lowest BCUT2D eigenvalue weighted by molar-refractivity contribution is 0.163. The van der Waals surface area contributed by atoms with Crippen LogP contribution in [0.4, 0.5) is 0 Å². The van der Waals surface area contributed by atoms with Crippen molar-refractivity contribution in [2.24, 2.45) is 5.92 Å². The zero-order chi connectivity index (χ0) is 15.1. The Kier molecular flexibility index (Phi) is 7.35. The molecule has 0 aliphatic heterocycles. The van der Waals surface area contributed by atoms with E-state index in [1.54, 1.807) is 13.2 Å². The largest absolute Gasteiger partial charge is 0.508 e. The summed E-state index contributed by atoms with van der Waals surface area (Å²) >= 11 is 6.33. The van der Waals surface area contributed by atoms with E-state index in [2.05, 4.69) is 18.7 Å². The number of hydrogen-bond donors (Lipinski definition) is 1. The van der Waals surface area contributed by atoms with Gasteiger partial charge in [-0.25, -0.2) is 0 Å². The molecule has 4 heteroatoms. The van der Waals surface area contributed by atoms with Crippen molar-refractivity contribution in [3.05, 3.63) is 28.3 Å². The molecule has 0 bridgehead atoms. The van der Waals surface area contributed by atoms with Crippen molar-refractivity contribution in [1.82, 2.24) is 4.90 Å². The summed E-state index contributed by atoms with van der Waals surface area (Å²) in [4.78, 5) is 2.39. The van der Waals surface area contributed by atoms with E-state index in [0.29, 0.717) is 10.9 Å². The molecule has 0 amide bonds. The summed E-state index contributed by atoms with van der Waals surface area (Å²) in [7, 11) is 1.73. The minimum Gasteiger partial charge on any atom is -0.508 e. The third kappa shape index (κ3) is 5.31. The first-order valence-electron chi connectivity index (χ1n) is 7.14. The van der Waals surface area contributed by atoms with Crippen molar-refractivity contribution in [3.63, 3.8) is 0 Å². The molecule has 0 aliphatic rings. The smallest absolute Gasteiger partial charge is 0.119 e. The molecule has 0 aliphatic carbocycles. The number of phenolic OH excluding ortho intramolecular Hbond substituents is 1. The number of hydrogen-bond acceptors (Lipinski definition) is 3. The maximum atomic E-state index is 9.66. The molecule has 114 valence electrons. The van der Waals surface area contributed by atoms with Crippen molar-refractivity contribution in [2.45, 2.75) is 33.7 Å². The average Bonchev–Trinajstić information content (AvgIpc) is 2.39. The van der Waals surface area contributed by atoms with Crippen molar-refractivity contribution >= 4 is 11.6 Å². The predicted molar refractivity (Wildman–Crippen MR) is 84.5 cm³/mol. The van der Waals surface area contributed by atoms with Gasteiger partial charge in [-0.2, -0.15) is 0 Å². The van der Waals surface area contributed by atoms with E-state index in [9.17, 15) is 5.11 Å². The van der Waals surface area contributed by atoms with Gasteiger partial charge in [0, 0.05) is 38.9 Å². The zero-order valence-electron chi connectivity index (χ0n) is 12.9. The Hall–Kier alpha value is -0.770. The van der Waals surface area contributed by atoms with Crippen LogP contribution in [0.15, 0.2) is 12.1 Å². The van der Waals surface area contributed by atoms with Crippen LogP contribution in [0, 0.1) is 12.8 Å². The Bertz CT molecular complexity index is 421. The van der Waals surface area contributed by atoms with Crippen LogP contribution in [0.2, 0.25) is 5.02 Å². The van der Waals surface area contributed by atoms with Gasteiger partial charge in [0.05, 0.1) is 5.02 Å². The van der Waals surface area contributed by atoms with Gasteiger partial charge in [0.25, 0.3) is 0 Å². The standard InChI is InChI=1S/C16H26ClNO2/c1-12(2)10-18(8-5-9-20-4)11-14-6-7-15(19)13(3)16(14)17/h6-7,12,19H,5,8-11H2,1-4H3. The van der Waals surface area contributed by atoms with Crippen LogP contribution in [0.1, 0.15) is 31.4 Å². The van der Waals surface area contributed by atoms with Crippen LogP contribution in [0.5, 0.6) is 5.75 Å². The topological polar surface area (TPSA) is 32.7 Å². The molecule has 3 nitrogen and oxygen atoms in total. The number of halogens is 1. The first-order chi connectivity index (χ1) is 9.45. The molecule has 1 N–H and O–H groups in total. The molecule has 1 rings (SSSR count). The fourth-order valence-electron chi connectivity index (χ4n) is 2.28. The molecule has 0 unspecified atom stereocenters. The molecule has 0 spiro atoms. The van der Waals surface area contributed by atoms with Gasteiger partial charge >= 0.3 is 0 Å². The predicted octanol–water partition coefficient (Wildman–Crippen LogP) is 3.85. The Labute approximate surface area is 127 Å². The fourth-order valence-corrected chi connectivity index (χ4v) is 2.50. The maximum absolute atomic E-state index is 9.66. The van der Waals surface area contributed by atoms with E-state index in [1.807, 2.05) is 13.0 Å². The van der Waals surface area contributed by atoms with E-state index in [1.165, 1.54) is 0 Å². The fraction of sp³-hybridized carbons (Fsp3) is 0.625. The van der Waals surface area contributed by atoms with Crippen LogP contribution in [0.3, 0.4) is 0 Å². The molecule has 0 saturated heterocycles. The van der Waals surface area contributed by atoms with Gasteiger partial charge in [-0.05, 0) is 30.9 Å². The number of rotatable bonds is 8. The van der Waals surface area contributed by atoms with Crippen LogP contribution in [-0.4, -0.2) is 36.8 Å². The number of methoxy groups -OCH3 is 1. The van der Waals surface area contributed by atoms with E-state index in [4.69, 9.17) is 16.3 Å².